The fourth-order valence-electron chi connectivity index (χ4n) is 5.11. The van der Waals surface area contributed by atoms with Crippen LogP contribution in [0, 0.1) is 16.7 Å². The van der Waals surface area contributed by atoms with Crippen LogP contribution < -0.4 is 0 Å². The number of allylic oxidation sites excluding steroid dienone is 2. The van der Waals surface area contributed by atoms with Crippen molar-refractivity contribution in [2.75, 3.05) is 0 Å². The number of carbonyl (C=O) groups excluding carboxylic acids is 1. The second-order valence-electron chi connectivity index (χ2n) is 7.23. The highest BCUT2D eigenvalue weighted by Crippen LogP contribution is 2.61. The lowest BCUT2D eigenvalue weighted by Crippen LogP contribution is -2.45. The van der Waals surface area contributed by atoms with Gasteiger partial charge in [-0.25, -0.2) is 0 Å². The summed E-state index contributed by atoms with van der Waals surface area (Å²) in [5, 5.41) is 0. The molecule has 3 rings (SSSR count). The van der Waals surface area contributed by atoms with Crippen LogP contribution in [-0.2, 0) is 4.79 Å². The molecule has 1 heteroatoms. The monoisotopic (exact) mass is 232 g/mol. The molecule has 0 aromatic rings. The number of hydrogen-bond donors (Lipinski definition) is 0. The van der Waals surface area contributed by atoms with E-state index in [1.165, 1.54) is 31.3 Å². The van der Waals surface area contributed by atoms with Crippen LogP contribution >= 0.6 is 0 Å². The van der Waals surface area contributed by atoms with E-state index in [1.54, 1.807) is 5.57 Å². The third kappa shape index (κ3) is 1.47. The molecule has 0 amide bonds. The first-order chi connectivity index (χ1) is 7.95. The molecule has 3 aliphatic rings. The highest BCUT2D eigenvalue weighted by atomic mass is 16.1. The molecule has 2 unspecified atom stereocenters. The molecular formula is C16H24O. The lowest BCUT2D eigenvalue weighted by Gasteiger charge is -2.54. The Balaban J connectivity index is 2.06. The SMILES string of the molecule is CC1(C)CCCC2(C)C3=C(CCC12)C(=O)CC3. The van der Waals surface area contributed by atoms with Crippen molar-refractivity contribution in [1.29, 1.82) is 0 Å². The Morgan fingerprint density at radius 2 is 1.82 bits per heavy atom. The summed E-state index contributed by atoms with van der Waals surface area (Å²) in [6, 6.07) is 0. The molecule has 0 bridgehead atoms. The van der Waals surface area contributed by atoms with Gasteiger partial charge in [0.05, 0.1) is 0 Å². The van der Waals surface area contributed by atoms with E-state index in [4.69, 9.17) is 0 Å². The van der Waals surface area contributed by atoms with Gasteiger partial charge in [0.25, 0.3) is 0 Å². The Morgan fingerprint density at radius 1 is 1.06 bits per heavy atom. The largest absolute Gasteiger partial charge is 0.295 e. The molecule has 0 aliphatic heterocycles. The maximum absolute atomic E-state index is 11.9. The topological polar surface area (TPSA) is 17.1 Å². The van der Waals surface area contributed by atoms with Gasteiger partial charge in [0.15, 0.2) is 5.78 Å². The van der Waals surface area contributed by atoms with Gasteiger partial charge < -0.3 is 0 Å². The van der Waals surface area contributed by atoms with Crippen molar-refractivity contribution in [3.63, 3.8) is 0 Å². The van der Waals surface area contributed by atoms with Crippen LogP contribution in [0.2, 0.25) is 0 Å². The summed E-state index contributed by atoms with van der Waals surface area (Å²) in [5.41, 5.74) is 3.62. The van der Waals surface area contributed by atoms with Gasteiger partial charge in [-0.2, -0.15) is 0 Å². The second-order valence-corrected chi connectivity index (χ2v) is 7.23. The van der Waals surface area contributed by atoms with E-state index in [9.17, 15) is 4.79 Å². The quantitative estimate of drug-likeness (QED) is 0.609. The zero-order valence-corrected chi connectivity index (χ0v) is 11.4. The minimum atomic E-state index is 0.349. The third-order valence-corrected chi connectivity index (χ3v) is 5.90. The van der Waals surface area contributed by atoms with Crippen LogP contribution in [0.4, 0.5) is 0 Å². The number of carbonyl (C=O) groups is 1. The van der Waals surface area contributed by atoms with E-state index in [1.807, 2.05) is 0 Å². The summed E-state index contributed by atoms with van der Waals surface area (Å²) in [6.07, 6.45) is 8.19. The van der Waals surface area contributed by atoms with Gasteiger partial charge in [-0.3, -0.25) is 4.79 Å². The van der Waals surface area contributed by atoms with Gasteiger partial charge in [0.1, 0.15) is 0 Å². The second kappa shape index (κ2) is 3.46. The lowest BCUT2D eigenvalue weighted by atomic mass is 9.50. The Morgan fingerprint density at radius 3 is 2.59 bits per heavy atom. The van der Waals surface area contributed by atoms with Crippen molar-refractivity contribution >= 4 is 5.78 Å². The molecule has 0 N–H and O–H groups in total. The summed E-state index contributed by atoms with van der Waals surface area (Å²) in [5.74, 6) is 1.26. The Kier molecular flexibility index (Phi) is 2.34. The zero-order valence-electron chi connectivity index (χ0n) is 11.4. The zero-order chi connectivity index (χ0) is 12.3. The highest BCUT2D eigenvalue weighted by molar-refractivity contribution is 5.99. The molecule has 2 atom stereocenters. The van der Waals surface area contributed by atoms with Crippen LogP contribution in [0.15, 0.2) is 11.1 Å². The molecular weight excluding hydrogens is 208 g/mol. The summed E-state index contributed by atoms with van der Waals surface area (Å²) < 4.78 is 0. The van der Waals surface area contributed by atoms with Gasteiger partial charge in [-0.05, 0) is 54.4 Å². The molecule has 17 heavy (non-hydrogen) atoms. The molecule has 3 aliphatic carbocycles. The summed E-state index contributed by atoms with van der Waals surface area (Å²) in [6.45, 7) is 7.33. The normalized spacial score (nSPS) is 40.2. The number of rotatable bonds is 0. The Hall–Kier alpha value is -0.590. The molecule has 0 aromatic heterocycles. The maximum atomic E-state index is 11.9. The van der Waals surface area contributed by atoms with E-state index in [2.05, 4.69) is 20.8 Å². The minimum Gasteiger partial charge on any atom is -0.295 e. The molecule has 0 aromatic carbocycles. The first-order valence-electron chi connectivity index (χ1n) is 7.21. The van der Waals surface area contributed by atoms with Gasteiger partial charge in [0.2, 0.25) is 0 Å². The van der Waals surface area contributed by atoms with Crippen molar-refractivity contribution < 1.29 is 4.79 Å². The van der Waals surface area contributed by atoms with Gasteiger partial charge in [-0.15, -0.1) is 0 Å². The molecule has 0 radical (unpaired) electrons. The number of Topliss-reactive ketones (excluding diaryl/α,β-unsaturated/α-hetero) is 1. The number of hydrogen-bond acceptors (Lipinski definition) is 1. The first-order valence-corrected chi connectivity index (χ1v) is 7.21. The molecule has 1 nitrogen and oxygen atoms in total. The predicted octanol–water partition coefficient (Wildman–Crippen LogP) is 4.27. The smallest absolute Gasteiger partial charge is 0.159 e. The van der Waals surface area contributed by atoms with E-state index >= 15 is 0 Å². The minimum absolute atomic E-state index is 0.349. The van der Waals surface area contributed by atoms with Crippen LogP contribution in [0.25, 0.3) is 0 Å². The highest BCUT2D eigenvalue weighted by Gasteiger charge is 2.52. The summed E-state index contributed by atoms with van der Waals surface area (Å²) in [7, 11) is 0. The molecule has 1 saturated carbocycles. The van der Waals surface area contributed by atoms with Crippen LogP contribution in [0.3, 0.4) is 0 Å². The number of ketones is 1. The van der Waals surface area contributed by atoms with Crippen LogP contribution in [0.5, 0.6) is 0 Å². The molecule has 0 heterocycles. The maximum Gasteiger partial charge on any atom is 0.159 e. The van der Waals surface area contributed by atoms with Crippen molar-refractivity contribution in [3.05, 3.63) is 11.1 Å². The lowest BCUT2D eigenvalue weighted by molar-refractivity contribution is -0.115. The fraction of sp³-hybridized carbons (Fsp3) is 0.812. The van der Waals surface area contributed by atoms with E-state index in [0.29, 0.717) is 16.6 Å². The van der Waals surface area contributed by atoms with E-state index < -0.39 is 0 Å². The number of fused-ring (bicyclic) bond motifs is 2. The van der Waals surface area contributed by atoms with Crippen molar-refractivity contribution in [3.8, 4) is 0 Å². The Bertz CT molecular complexity index is 402. The van der Waals surface area contributed by atoms with Crippen molar-refractivity contribution in [2.45, 2.75) is 65.7 Å². The van der Waals surface area contributed by atoms with Crippen LogP contribution in [0.1, 0.15) is 65.7 Å². The molecule has 0 saturated heterocycles. The standard InChI is InChI=1S/C16H24O/c1-15(2)9-4-10-16(3)12-6-7-13(17)11(12)5-8-14(15)16/h14H,4-10H2,1-3H3. The summed E-state index contributed by atoms with van der Waals surface area (Å²) >= 11 is 0. The van der Waals surface area contributed by atoms with Gasteiger partial charge in [-0.1, -0.05) is 32.8 Å². The van der Waals surface area contributed by atoms with Gasteiger partial charge >= 0.3 is 0 Å². The molecule has 94 valence electrons. The van der Waals surface area contributed by atoms with Crippen molar-refractivity contribution in [2.24, 2.45) is 16.7 Å². The third-order valence-electron chi connectivity index (χ3n) is 5.90. The van der Waals surface area contributed by atoms with E-state index in [-0.39, 0.29) is 0 Å². The molecule has 1 fully saturated rings. The fourth-order valence-corrected chi connectivity index (χ4v) is 5.11. The van der Waals surface area contributed by atoms with Gasteiger partial charge in [0, 0.05) is 6.42 Å². The summed E-state index contributed by atoms with van der Waals surface area (Å²) in [4.78, 5) is 11.9. The van der Waals surface area contributed by atoms with Crippen LogP contribution in [-0.4, -0.2) is 5.78 Å². The average Bonchev–Trinajstić information content (AvgIpc) is 2.60. The first kappa shape index (κ1) is 11.5. The molecule has 0 spiro atoms. The van der Waals surface area contributed by atoms with E-state index in [0.717, 1.165) is 25.2 Å². The van der Waals surface area contributed by atoms with Crippen molar-refractivity contribution in [1.82, 2.24) is 0 Å². The average molecular weight is 232 g/mol. The predicted molar refractivity (Wildman–Crippen MR) is 69.7 cm³/mol. The Labute approximate surface area is 105 Å².